The van der Waals surface area contributed by atoms with Crippen molar-refractivity contribution in [2.75, 3.05) is 0 Å². The summed E-state index contributed by atoms with van der Waals surface area (Å²) in [5.41, 5.74) is 10.9. The standard InChI is InChI=1S/C54H75S/c1-8-22-40(23-9-1)46-36-49(42-26-12-3-13-27-42)53(50(37-46)43-28-14-4-15-29-43)55(48-34-20-7-21-35-48)54-51(44-30-16-5-17-31-44)38-47(41-24-10-2-11-25-41)39-52(54)45-32-18-6-19-33-45/h7,20-21,34-45H,1-6,8-19,22-33H2/q+1. The van der Waals surface area contributed by atoms with Crippen LogP contribution in [0.1, 0.15) is 262 Å². The van der Waals surface area contributed by atoms with Crippen LogP contribution < -0.4 is 0 Å². The molecule has 6 fully saturated rings. The van der Waals surface area contributed by atoms with Crippen molar-refractivity contribution < 1.29 is 0 Å². The van der Waals surface area contributed by atoms with Crippen molar-refractivity contribution in [2.45, 2.75) is 243 Å². The maximum atomic E-state index is 2.91. The molecular weight excluding hydrogens is 681 g/mol. The number of benzene rings is 3. The third kappa shape index (κ3) is 8.74. The smallest absolute Gasteiger partial charge is 0.0619 e. The van der Waals surface area contributed by atoms with Gasteiger partial charge in [0.25, 0.3) is 0 Å². The van der Waals surface area contributed by atoms with E-state index in [1.54, 1.807) is 16.0 Å². The zero-order valence-corrected chi connectivity index (χ0v) is 35.6. The van der Waals surface area contributed by atoms with Gasteiger partial charge in [-0.25, -0.2) is 0 Å². The van der Waals surface area contributed by atoms with E-state index >= 15 is 0 Å². The largest absolute Gasteiger partial charge is 0.173 e. The summed E-state index contributed by atoms with van der Waals surface area (Å²) in [6.07, 6.45) is 42.7. The van der Waals surface area contributed by atoms with Gasteiger partial charge in [0.05, 0.1) is 0 Å². The van der Waals surface area contributed by atoms with Gasteiger partial charge in [-0.3, -0.25) is 0 Å². The van der Waals surface area contributed by atoms with Crippen LogP contribution in [0.3, 0.4) is 0 Å². The Morgan fingerprint density at radius 2 is 0.545 bits per heavy atom. The quantitative estimate of drug-likeness (QED) is 0.191. The number of hydrogen-bond donors (Lipinski definition) is 0. The molecule has 0 atom stereocenters. The van der Waals surface area contributed by atoms with Gasteiger partial charge >= 0.3 is 0 Å². The fraction of sp³-hybridized carbons (Fsp3) is 0.667. The van der Waals surface area contributed by atoms with Crippen LogP contribution in [0.4, 0.5) is 0 Å². The molecule has 0 bridgehead atoms. The molecule has 3 aromatic rings. The second-order valence-electron chi connectivity index (χ2n) is 19.7. The SMILES string of the molecule is c1ccc([S+](c2c(C3CCCCC3)cc(C3CCCCC3)cc2C2CCCCC2)c2c(C3CCCCC3)cc(C3CCCCC3)cc2C2CCCCC2)cc1. The van der Waals surface area contributed by atoms with E-state index in [9.17, 15) is 0 Å². The molecule has 55 heavy (non-hydrogen) atoms. The predicted molar refractivity (Wildman–Crippen MR) is 236 cm³/mol. The van der Waals surface area contributed by atoms with Gasteiger partial charge in [0.15, 0.2) is 14.7 Å². The van der Waals surface area contributed by atoms with Crippen LogP contribution in [0.15, 0.2) is 69.3 Å². The minimum atomic E-state index is -0.0940. The Morgan fingerprint density at radius 3 is 0.818 bits per heavy atom. The Bertz CT molecular complexity index is 1460. The summed E-state index contributed by atoms with van der Waals surface area (Å²) in [7, 11) is -0.0940. The summed E-state index contributed by atoms with van der Waals surface area (Å²) in [6.45, 7) is 0. The summed E-state index contributed by atoms with van der Waals surface area (Å²) < 4.78 is 0. The molecule has 6 aliphatic carbocycles. The van der Waals surface area contributed by atoms with Gasteiger partial charge in [0.1, 0.15) is 10.9 Å². The van der Waals surface area contributed by atoms with Gasteiger partial charge in [-0.1, -0.05) is 158 Å². The van der Waals surface area contributed by atoms with Crippen molar-refractivity contribution in [1.29, 1.82) is 0 Å². The zero-order chi connectivity index (χ0) is 36.8. The number of hydrogen-bond acceptors (Lipinski definition) is 0. The van der Waals surface area contributed by atoms with Crippen LogP contribution >= 0.6 is 0 Å². The van der Waals surface area contributed by atoms with E-state index in [1.807, 2.05) is 32.0 Å². The Balaban J connectivity index is 1.33. The third-order valence-corrected chi connectivity index (χ3v) is 18.6. The van der Waals surface area contributed by atoms with E-state index in [1.165, 1.54) is 193 Å². The molecule has 3 aromatic carbocycles. The lowest BCUT2D eigenvalue weighted by Crippen LogP contribution is -2.23. The van der Waals surface area contributed by atoms with Crippen LogP contribution in [0.25, 0.3) is 0 Å². The molecule has 0 radical (unpaired) electrons. The molecule has 6 saturated carbocycles. The zero-order valence-electron chi connectivity index (χ0n) is 34.8. The third-order valence-electron chi connectivity index (χ3n) is 16.1. The normalized spacial score (nSPS) is 23.7. The van der Waals surface area contributed by atoms with Gasteiger partial charge in [0.2, 0.25) is 0 Å². The highest BCUT2D eigenvalue weighted by atomic mass is 32.2. The molecule has 0 saturated heterocycles. The van der Waals surface area contributed by atoms with E-state index in [0.29, 0.717) is 0 Å². The van der Waals surface area contributed by atoms with E-state index in [2.05, 4.69) is 54.6 Å². The van der Waals surface area contributed by atoms with Crippen molar-refractivity contribution >= 4 is 10.9 Å². The van der Waals surface area contributed by atoms with E-state index in [4.69, 9.17) is 0 Å². The predicted octanol–water partition coefficient (Wildman–Crippen LogP) is 17.1. The highest BCUT2D eigenvalue weighted by Crippen LogP contribution is 2.54. The second-order valence-corrected chi connectivity index (χ2v) is 21.6. The summed E-state index contributed by atoms with van der Waals surface area (Å²) in [6, 6.07) is 23.9. The topological polar surface area (TPSA) is 0 Å². The van der Waals surface area contributed by atoms with Crippen LogP contribution in [0.5, 0.6) is 0 Å². The van der Waals surface area contributed by atoms with Crippen molar-refractivity contribution in [2.24, 2.45) is 0 Å². The lowest BCUT2D eigenvalue weighted by atomic mass is 9.76. The molecule has 0 spiro atoms. The highest BCUT2D eigenvalue weighted by Gasteiger charge is 2.44. The van der Waals surface area contributed by atoms with Gasteiger partial charge in [-0.2, -0.15) is 0 Å². The second kappa shape index (κ2) is 18.7. The van der Waals surface area contributed by atoms with Crippen molar-refractivity contribution in [3.63, 3.8) is 0 Å². The molecule has 0 nitrogen and oxygen atoms in total. The molecule has 0 aliphatic heterocycles. The maximum absolute atomic E-state index is 2.91. The fourth-order valence-electron chi connectivity index (χ4n) is 13.0. The molecule has 1 heteroatoms. The first-order valence-electron chi connectivity index (χ1n) is 24.5. The first-order valence-corrected chi connectivity index (χ1v) is 25.7. The van der Waals surface area contributed by atoms with Crippen LogP contribution in [0, 0.1) is 0 Å². The van der Waals surface area contributed by atoms with Gasteiger partial charge < -0.3 is 0 Å². The van der Waals surface area contributed by atoms with Crippen LogP contribution in [0.2, 0.25) is 0 Å². The van der Waals surface area contributed by atoms with Gasteiger partial charge in [-0.05, 0) is 136 Å². The van der Waals surface area contributed by atoms with Crippen LogP contribution in [-0.2, 0) is 10.9 Å². The molecular formula is C54H75S+. The minimum Gasteiger partial charge on any atom is -0.0619 e. The summed E-state index contributed by atoms with van der Waals surface area (Å²) >= 11 is 0. The highest BCUT2D eigenvalue weighted by molar-refractivity contribution is 7.97. The Kier molecular flexibility index (Phi) is 13.1. The number of rotatable bonds is 9. The molecule has 0 heterocycles. The summed E-state index contributed by atoms with van der Waals surface area (Å²) in [5, 5.41) is 0. The van der Waals surface area contributed by atoms with E-state index in [0.717, 1.165) is 35.5 Å². The van der Waals surface area contributed by atoms with Crippen LogP contribution in [-0.4, -0.2) is 0 Å². The van der Waals surface area contributed by atoms with Gasteiger partial charge in [0, 0.05) is 22.3 Å². The van der Waals surface area contributed by atoms with Crippen molar-refractivity contribution in [1.82, 2.24) is 0 Å². The first-order chi connectivity index (χ1) is 27.3. The maximum Gasteiger partial charge on any atom is 0.173 e. The average molecular weight is 756 g/mol. The summed E-state index contributed by atoms with van der Waals surface area (Å²) in [4.78, 5) is 5.36. The van der Waals surface area contributed by atoms with Crippen molar-refractivity contribution in [3.05, 3.63) is 88.0 Å². The fourth-order valence-corrected chi connectivity index (χ4v) is 15.9. The average Bonchev–Trinajstić information content (AvgIpc) is 3.28. The Labute approximate surface area is 340 Å². The van der Waals surface area contributed by atoms with E-state index in [-0.39, 0.29) is 10.9 Å². The molecule has 0 amide bonds. The minimum absolute atomic E-state index is 0.0940. The lowest BCUT2D eigenvalue weighted by Gasteiger charge is -2.34. The lowest BCUT2D eigenvalue weighted by molar-refractivity contribution is 0.418. The molecule has 296 valence electrons. The molecule has 0 unspecified atom stereocenters. The molecule has 9 rings (SSSR count). The Morgan fingerprint density at radius 1 is 0.291 bits per heavy atom. The molecule has 6 aliphatic rings. The first kappa shape index (κ1) is 38.5. The van der Waals surface area contributed by atoms with E-state index < -0.39 is 0 Å². The summed E-state index contributed by atoms with van der Waals surface area (Å²) in [5.74, 6) is 4.46. The monoisotopic (exact) mass is 756 g/mol. The van der Waals surface area contributed by atoms with Gasteiger partial charge in [-0.15, -0.1) is 0 Å². The molecule has 0 aromatic heterocycles. The van der Waals surface area contributed by atoms with Crippen molar-refractivity contribution in [3.8, 4) is 0 Å². The molecule has 0 N–H and O–H groups in total. The Hall–Kier alpha value is -1.99.